The van der Waals surface area contributed by atoms with Crippen molar-refractivity contribution < 1.29 is 19.0 Å². The van der Waals surface area contributed by atoms with Crippen molar-refractivity contribution in [2.75, 3.05) is 27.7 Å². The van der Waals surface area contributed by atoms with Crippen molar-refractivity contribution in [3.63, 3.8) is 0 Å². The van der Waals surface area contributed by atoms with Crippen LogP contribution >= 0.6 is 0 Å². The molecule has 3 rings (SSSR count). The average molecular weight is 416 g/mol. The second-order valence-electron chi connectivity index (χ2n) is 8.14. The highest BCUT2D eigenvalue weighted by Crippen LogP contribution is 2.30. The molecule has 1 aliphatic carbocycles. The minimum absolute atomic E-state index is 0.110. The van der Waals surface area contributed by atoms with Gasteiger partial charge in [0.2, 0.25) is 5.91 Å². The summed E-state index contributed by atoms with van der Waals surface area (Å²) in [5, 5.41) is 14.1. The zero-order valence-electron chi connectivity index (χ0n) is 17.7. The van der Waals surface area contributed by atoms with Gasteiger partial charge < -0.3 is 20.1 Å². The van der Waals surface area contributed by atoms with Gasteiger partial charge in [0.25, 0.3) is 0 Å². The van der Waals surface area contributed by atoms with Crippen LogP contribution in [-0.4, -0.2) is 72.8 Å². The largest absolute Gasteiger partial charge is 0.487 e. The van der Waals surface area contributed by atoms with E-state index in [0.717, 1.165) is 5.56 Å². The summed E-state index contributed by atoms with van der Waals surface area (Å²) >= 11 is 0. The standard InChI is InChI=1S/C23H30FN3O3/c1-26(2)15-21(28)25-19-13-20(30-18-11-7-10-17(24)12-18)23(29)22(19)27(3)14-16-8-5-4-6-9-16/h4-12,19-20,22-23,29H,13-15H2,1-3H3,(H,25,28)/t19-,20-,22+,23+/m1/s1. The number of carbonyl (C=O) groups excluding carboxylic acids is 1. The number of hydrogen-bond acceptors (Lipinski definition) is 5. The molecular weight excluding hydrogens is 385 g/mol. The van der Waals surface area contributed by atoms with Crippen LogP contribution in [0.3, 0.4) is 0 Å². The number of aliphatic hydroxyl groups is 1. The Morgan fingerprint density at radius 3 is 2.57 bits per heavy atom. The quantitative estimate of drug-likeness (QED) is 0.689. The molecule has 0 spiro atoms. The number of amides is 1. The molecule has 30 heavy (non-hydrogen) atoms. The number of halogens is 1. The van der Waals surface area contributed by atoms with Crippen LogP contribution in [0.2, 0.25) is 0 Å². The summed E-state index contributed by atoms with van der Waals surface area (Å²) in [4.78, 5) is 16.2. The molecule has 0 aromatic heterocycles. The van der Waals surface area contributed by atoms with E-state index in [-0.39, 0.29) is 24.5 Å². The molecule has 1 fully saturated rings. The van der Waals surface area contributed by atoms with E-state index in [1.807, 2.05) is 56.4 Å². The van der Waals surface area contributed by atoms with Gasteiger partial charge in [-0.1, -0.05) is 36.4 Å². The monoisotopic (exact) mass is 415 g/mol. The maximum Gasteiger partial charge on any atom is 0.234 e. The first-order valence-corrected chi connectivity index (χ1v) is 10.1. The molecule has 1 aliphatic rings. The molecule has 4 atom stereocenters. The topological polar surface area (TPSA) is 65.0 Å². The van der Waals surface area contributed by atoms with E-state index in [9.17, 15) is 14.3 Å². The Morgan fingerprint density at radius 2 is 1.90 bits per heavy atom. The molecule has 0 heterocycles. The minimum Gasteiger partial charge on any atom is -0.487 e. The fourth-order valence-corrected chi connectivity index (χ4v) is 4.05. The van der Waals surface area contributed by atoms with Crippen molar-refractivity contribution in [2.24, 2.45) is 0 Å². The van der Waals surface area contributed by atoms with Crippen LogP contribution in [-0.2, 0) is 11.3 Å². The normalized spacial score (nSPS) is 23.7. The first-order valence-electron chi connectivity index (χ1n) is 10.1. The molecule has 1 amide bonds. The Hall–Kier alpha value is -2.48. The highest BCUT2D eigenvalue weighted by atomic mass is 19.1. The van der Waals surface area contributed by atoms with Gasteiger partial charge in [-0.05, 0) is 38.8 Å². The zero-order chi connectivity index (χ0) is 21.7. The molecule has 2 N–H and O–H groups in total. The van der Waals surface area contributed by atoms with E-state index in [0.29, 0.717) is 18.7 Å². The van der Waals surface area contributed by atoms with E-state index in [1.54, 1.807) is 17.0 Å². The Labute approximate surface area is 177 Å². The molecule has 0 aliphatic heterocycles. The van der Waals surface area contributed by atoms with Gasteiger partial charge in [-0.15, -0.1) is 0 Å². The summed E-state index contributed by atoms with van der Waals surface area (Å²) in [6.45, 7) is 0.881. The fourth-order valence-electron chi connectivity index (χ4n) is 4.05. The lowest BCUT2D eigenvalue weighted by molar-refractivity contribution is -0.122. The highest BCUT2D eigenvalue weighted by Gasteiger charge is 2.46. The summed E-state index contributed by atoms with van der Waals surface area (Å²) in [7, 11) is 5.59. The van der Waals surface area contributed by atoms with Crippen LogP contribution in [0.1, 0.15) is 12.0 Å². The van der Waals surface area contributed by atoms with Crippen LogP contribution in [0.5, 0.6) is 5.75 Å². The van der Waals surface area contributed by atoms with Gasteiger partial charge in [0.1, 0.15) is 23.8 Å². The van der Waals surface area contributed by atoms with E-state index < -0.39 is 18.0 Å². The molecule has 2 aromatic carbocycles. The predicted octanol–water partition coefficient (Wildman–Crippen LogP) is 1.88. The summed E-state index contributed by atoms with van der Waals surface area (Å²) < 4.78 is 19.5. The number of rotatable bonds is 8. The number of likely N-dealkylation sites (N-methyl/N-ethyl adjacent to an activating group) is 2. The van der Waals surface area contributed by atoms with Gasteiger partial charge in [0, 0.05) is 19.0 Å². The van der Waals surface area contributed by atoms with E-state index in [2.05, 4.69) is 5.32 Å². The van der Waals surface area contributed by atoms with E-state index in [4.69, 9.17) is 4.74 Å². The lowest BCUT2D eigenvalue weighted by atomic mass is 10.1. The third-order valence-electron chi connectivity index (χ3n) is 5.30. The molecule has 6 nitrogen and oxygen atoms in total. The molecule has 0 radical (unpaired) electrons. The van der Waals surface area contributed by atoms with Crippen molar-refractivity contribution in [3.05, 3.63) is 66.0 Å². The first kappa shape index (κ1) is 22.2. The second kappa shape index (κ2) is 10.0. The average Bonchev–Trinajstić information content (AvgIpc) is 2.96. The van der Waals surface area contributed by atoms with Crippen molar-refractivity contribution >= 4 is 5.91 Å². The number of benzene rings is 2. The number of nitrogens with zero attached hydrogens (tertiary/aromatic N) is 2. The summed E-state index contributed by atoms with van der Waals surface area (Å²) in [5.74, 6) is -0.140. The van der Waals surface area contributed by atoms with Gasteiger partial charge in [-0.2, -0.15) is 0 Å². The summed E-state index contributed by atoms with van der Waals surface area (Å²) in [6.07, 6.45) is -0.966. The summed E-state index contributed by atoms with van der Waals surface area (Å²) in [6, 6.07) is 15.2. The third-order valence-corrected chi connectivity index (χ3v) is 5.30. The molecule has 1 saturated carbocycles. The molecule has 2 aromatic rings. The maximum atomic E-state index is 13.5. The number of ether oxygens (including phenoxy) is 1. The zero-order valence-corrected chi connectivity index (χ0v) is 17.7. The minimum atomic E-state index is -0.841. The lowest BCUT2D eigenvalue weighted by Gasteiger charge is -2.32. The van der Waals surface area contributed by atoms with Crippen molar-refractivity contribution in [1.29, 1.82) is 0 Å². The Kier molecular flexibility index (Phi) is 7.42. The molecular formula is C23H30FN3O3. The molecule has 0 unspecified atom stereocenters. The first-order chi connectivity index (χ1) is 14.3. The fraction of sp³-hybridized carbons (Fsp3) is 0.435. The van der Waals surface area contributed by atoms with Crippen LogP contribution < -0.4 is 10.1 Å². The molecule has 0 bridgehead atoms. The Balaban J connectivity index is 1.76. The van der Waals surface area contributed by atoms with E-state index >= 15 is 0 Å². The Bertz CT molecular complexity index is 833. The van der Waals surface area contributed by atoms with Gasteiger partial charge in [-0.3, -0.25) is 9.69 Å². The molecule has 162 valence electrons. The van der Waals surface area contributed by atoms with Gasteiger partial charge in [-0.25, -0.2) is 4.39 Å². The van der Waals surface area contributed by atoms with Crippen LogP contribution in [0.15, 0.2) is 54.6 Å². The van der Waals surface area contributed by atoms with Gasteiger partial charge in [0.05, 0.1) is 18.6 Å². The van der Waals surface area contributed by atoms with Gasteiger partial charge in [0.15, 0.2) is 0 Å². The van der Waals surface area contributed by atoms with Crippen LogP contribution in [0.4, 0.5) is 4.39 Å². The van der Waals surface area contributed by atoms with Crippen LogP contribution in [0.25, 0.3) is 0 Å². The number of carbonyl (C=O) groups is 1. The lowest BCUT2D eigenvalue weighted by Crippen LogP contribution is -2.52. The predicted molar refractivity (Wildman–Crippen MR) is 114 cm³/mol. The molecule has 0 saturated heterocycles. The summed E-state index contributed by atoms with van der Waals surface area (Å²) in [5.41, 5.74) is 1.11. The smallest absolute Gasteiger partial charge is 0.234 e. The van der Waals surface area contributed by atoms with Crippen molar-refractivity contribution in [1.82, 2.24) is 15.1 Å². The molecule has 7 heteroatoms. The number of nitrogens with one attached hydrogen (secondary N) is 1. The highest BCUT2D eigenvalue weighted by molar-refractivity contribution is 5.78. The van der Waals surface area contributed by atoms with Crippen molar-refractivity contribution in [2.45, 2.75) is 37.3 Å². The Morgan fingerprint density at radius 1 is 1.17 bits per heavy atom. The second-order valence-corrected chi connectivity index (χ2v) is 8.14. The van der Waals surface area contributed by atoms with Crippen LogP contribution in [0, 0.1) is 5.82 Å². The number of hydrogen-bond donors (Lipinski definition) is 2. The van der Waals surface area contributed by atoms with Crippen molar-refractivity contribution in [3.8, 4) is 5.75 Å². The third kappa shape index (κ3) is 5.78. The SMILES string of the molecule is CN(C)CC(=O)N[C@@H]1C[C@@H](Oc2cccc(F)c2)[C@H](O)[C@H]1N(C)Cc1ccccc1. The van der Waals surface area contributed by atoms with Gasteiger partial charge >= 0.3 is 0 Å². The number of aliphatic hydroxyl groups excluding tert-OH is 1. The maximum absolute atomic E-state index is 13.5. The van der Waals surface area contributed by atoms with E-state index in [1.165, 1.54) is 12.1 Å².